The second-order valence-corrected chi connectivity index (χ2v) is 5.91. The number of hydrogen-bond acceptors (Lipinski definition) is 2. The maximum Gasteiger partial charge on any atom is 0.323 e. The fourth-order valence-corrected chi connectivity index (χ4v) is 2.65. The molecule has 1 aromatic rings. The van der Waals surface area contributed by atoms with Gasteiger partial charge in [0.2, 0.25) is 0 Å². The summed E-state index contributed by atoms with van der Waals surface area (Å²) in [6, 6.07) is 3.40. The SMILES string of the molecule is CC1(C)CCCN(C(=O)c2cccn2CC(=O)O)C1. The molecule has 0 unspecified atom stereocenters. The van der Waals surface area contributed by atoms with E-state index in [2.05, 4.69) is 13.8 Å². The van der Waals surface area contributed by atoms with Crippen molar-refractivity contribution in [3.63, 3.8) is 0 Å². The maximum atomic E-state index is 12.5. The van der Waals surface area contributed by atoms with Crippen LogP contribution in [0, 0.1) is 5.41 Å². The third-order valence-electron chi connectivity index (χ3n) is 3.54. The Morgan fingerprint density at radius 1 is 1.42 bits per heavy atom. The van der Waals surface area contributed by atoms with Gasteiger partial charge in [-0.3, -0.25) is 9.59 Å². The molecule has 0 saturated carbocycles. The maximum absolute atomic E-state index is 12.5. The third-order valence-corrected chi connectivity index (χ3v) is 3.54. The number of likely N-dealkylation sites (tertiary alicyclic amines) is 1. The van der Waals surface area contributed by atoms with Crippen LogP contribution in [-0.2, 0) is 11.3 Å². The van der Waals surface area contributed by atoms with Gasteiger partial charge in [0.05, 0.1) is 0 Å². The predicted molar refractivity (Wildman–Crippen MR) is 71.0 cm³/mol. The zero-order valence-corrected chi connectivity index (χ0v) is 11.4. The summed E-state index contributed by atoms with van der Waals surface area (Å²) in [5.41, 5.74) is 0.595. The highest BCUT2D eigenvalue weighted by molar-refractivity contribution is 5.93. The largest absolute Gasteiger partial charge is 0.480 e. The summed E-state index contributed by atoms with van der Waals surface area (Å²) in [4.78, 5) is 25.1. The number of nitrogens with zero attached hydrogens (tertiary/aromatic N) is 2. The van der Waals surface area contributed by atoms with Gasteiger partial charge in [-0.15, -0.1) is 0 Å². The summed E-state index contributed by atoms with van der Waals surface area (Å²) < 4.78 is 1.49. The van der Waals surface area contributed by atoms with Crippen molar-refractivity contribution >= 4 is 11.9 Å². The summed E-state index contributed by atoms with van der Waals surface area (Å²) >= 11 is 0. The van der Waals surface area contributed by atoms with E-state index in [9.17, 15) is 9.59 Å². The highest BCUT2D eigenvalue weighted by Crippen LogP contribution is 2.29. The van der Waals surface area contributed by atoms with Crippen molar-refractivity contribution in [2.75, 3.05) is 13.1 Å². The van der Waals surface area contributed by atoms with Gasteiger partial charge in [-0.25, -0.2) is 0 Å². The Labute approximate surface area is 112 Å². The smallest absolute Gasteiger partial charge is 0.323 e. The van der Waals surface area contributed by atoms with Crippen LogP contribution in [0.4, 0.5) is 0 Å². The number of rotatable bonds is 3. The van der Waals surface area contributed by atoms with Gasteiger partial charge in [-0.1, -0.05) is 13.8 Å². The van der Waals surface area contributed by atoms with Crippen molar-refractivity contribution in [1.82, 2.24) is 9.47 Å². The van der Waals surface area contributed by atoms with E-state index in [0.29, 0.717) is 5.69 Å². The van der Waals surface area contributed by atoms with Crippen molar-refractivity contribution in [2.24, 2.45) is 5.41 Å². The Morgan fingerprint density at radius 2 is 2.16 bits per heavy atom. The van der Waals surface area contributed by atoms with Gasteiger partial charge in [0.25, 0.3) is 5.91 Å². The predicted octanol–water partition coefficient (Wildman–Crippen LogP) is 1.83. The molecule has 1 N–H and O–H groups in total. The number of amides is 1. The lowest BCUT2D eigenvalue weighted by Crippen LogP contribution is -2.44. The van der Waals surface area contributed by atoms with Gasteiger partial charge >= 0.3 is 5.97 Å². The first-order valence-electron chi connectivity index (χ1n) is 6.55. The fourth-order valence-electron chi connectivity index (χ4n) is 2.65. The molecule has 104 valence electrons. The summed E-state index contributed by atoms with van der Waals surface area (Å²) in [5, 5.41) is 8.84. The average Bonchev–Trinajstić information content (AvgIpc) is 2.74. The Balaban J connectivity index is 2.15. The number of carbonyl (C=O) groups is 2. The molecule has 0 aliphatic carbocycles. The number of carboxylic acid groups (broad SMARTS) is 1. The molecule has 0 radical (unpaired) electrons. The zero-order valence-electron chi connectivity index (χ0n) is 11.4. The molecule has 0 aromatic carbocycles. The molecule has 1 fully saturated rings. The lowest BCUT2D eigenvalue weighted by atomic mass is 9.84. The molecule has 1 aliphatic rings. The van der Waals surface area contributed by atoms with E-state index in [4.69, 9.17) is 5.11 Å². The van der Waals surface area contributed by atoms with Crippen LogP contribution in [0.5, 0.6) is 0 Å². The normalized spacial score (nSPS) is 18.3. The van der Waals surface area contributed by atoms with Gasteiger partial charge in [0, 0.05) is 19.3 Å². The van der Waals surface area contributed by atoms with E-state index in [-0.39, 0.29) is 17.9 Å². The van der Waals surface area contributed by atoms with E-state index >= 15 is 0 Å². The molecule has 0 bridgehead atoms. The van der Waals surface area contributed by atoms with Crippen molar-refractivity contribution in [1.29, 1.82) is 0 Å². The second-order valence-electron chi connectivity index (χ2n) is 5.91. The highest BCUT2D eigenvalue weighted by Gasteiger charge is 2.30. The van der Waals surface area contributed by atoms with Crippen molar-refractivity contribution in [2.45, 2.75) is 33.2 Å². The van der Waals surface area contributed by atoms with Crippen molar-refractivity contribution in [3.05, 3.63) is 24.0 Å². The standard InChI is InChI=1S/C14H20N2O3/c1-14(2)6-4-8-16(10-14)13(19)11-5-3-7-15(11)9-12(17)18/h3,5,7H,4,6,8-10H2,1-2H3,(H,17,18). The number of piperidine rings is 1. The molecular weight excluding hydrogens is 244 g/mol. The van der Waals surface area contributed by atoms with Gasteiger partial charge in [0.1, 0.15) is 12.2 Å². The number of aliphatic carboxylic acids is 1. The van der Waals surface area contributed by atoms with E-state index in [1.807, 2.05) is 4.90 Å². The van der Waals surface area contributed by atoms with Crippen LogP contribution < -0.4 is 0 Å². The topological polar surface area (TPSA) is 62.5 Å². The summed E-state index contributed by atoms with van der Waals surface area (Å²) in [6.07, 6.45) is 3.75. The van der Waals surface area contributed by atoms with Gasteiger partial charge < -0.3 is 14.6 Å². The van der Waals surface area contributed by atoms with E-state index < -0.39 is 5.97 Å². The van der Waals surface area contributed by atoms with Gasteiger partial charge in [-0.05, 0) is 30.4 Å². The lowest BCUT2D eigenvalue weighted by molar-refractivity contribution is -0.137. The first-order chi connectivity index (χ1) is 8.89. The number of aromatic nitrogens is 1. The summed E-state index contributed by atoms with van der Waals surface area (Å²) in [5.74, 6) is -1.01. The molecule has 19 heavy (non-hydrogen) atoms. The molecule has 0 spiro atoms. The van der Waals surface area contributed by atoms with Crippen LogP contribution in [0.3, 0.4) is 0 Å². The van der Waals surface area contributed by atoms with Crippen molar-refractivity contribution < 1.29 is 14.7 Å². The van der Waals surface area contributed by atoms with Crippen LogP contribution in [0.15, 0.2) is 18.3 Å². The third kappa shape index (κ3) is 3.16. The van der Waals surface area contributed by atoms with Crippen LogP contribution in [0.1, 0.15) is 37.2 Å². The Hall–Kier alpha value is -1.78. The number of carbonyl (C=O) groups excluding carboxylic acids is 1. The monoisotopic (exact) mass is 264 g/mol. The molecule has 5 nitrogen and oxygen atoms in total. The lowest BCUT2D eigenvalue weighted by Gasteiger charge is -2.38. The second kappa shape index (κ2) is 5.07. The molecule has 5 heteroatoms. The number of carboxylic acids is 1. The molecule has 0 atom stereocenters. The molecule has 1 amide bonds. The minimum atomic E-state index is -0.941. The van der Waals surface area contributed by atoms with Gasteiger partial charge in [-0.2, -0.15) is 0 Å². The quantitative estimate of drug-likeness (QED) is 0.906. The molecule has 1 saturated heterocycles. The summed E-state index contributed by atoms with van der Waals surface area (Å²) in [7, 11) is 0. The Morgan fingerprint density at radius 3 is 2.79 bits per heavy atom. The van der Waals surface area contributed by atoms with E-state index in [0.717, 1.165) is 25.9 Å². The molecule has 2 rings (SSSR count). The van der Waals surface area contributed by atoms with Crippen molar-refractivity contribution in [3.8, 4) is 0 Å². The van der Waals surface area contributed by atoms with Crippen LogP contribution in [0.25, 0.3) is 0 Å². The van der Waals surface area contributed by atoms with E-state index in [1.165, 1.54) is 4.57 Å². The first kappa shape index (κ1) is 13.6. The molecule has 1 aliphatic heterocycles. The van der Waals surface area contributed by atoms with Crippen LogP contribution >= 0.6 is 0 Å². The fraction of sp³-hybridized carbons (Fsp3) is 0.571. The molecular formula is C14H20N2O3. The van der Waals surface area contributed by atoms with Gasteiger partial charge in [0.15, 0.2) is 0 Å². The molecule has 2 heterocycles. The van der Waals surface area contributed by atoms with Crippen LogP contribution in [0.2, 0.25) is 0 Å². The minimum absolute atomic E-state index is 0.0703. The molecule has 1 aromatic heterocycles. The average molecular weight is 264 g/mol. The summed E-state index contributed by atoms with van der Waals surface area (Å²) in [6.45, 7) is 5.61. The van der Waals surface area contributed by atoms with E-state index in [1.54, 1.807) is 18.3 Å². The number of hydrogen-bond donors (Lipinski definition) is 1. The first-order valence-corrected chi connectivity index (χ1v) is 6.55. The zero-order chi connectivity index (χ0) is 14.0. The highest BCUT2D eigenvalue weighted by atomic mass is 16.4. The van der Waals surface area contributed by atoms with Crippen LogP contribution in [-0.4, -0.2) is 39.5 Å². The Kier molecular flexibility index (Phi) is 3.64. The Bertz CT molecular complexity index is 491. The minimum Gasteiger partial charge on any atom is -0.480 e.